The van der Waals surface area contributed by atoms with Gasteiger partial charge in [-0.2, -0.15) is 0 Å². The van der Waals surface area contributed by atoms with E-state index in [2.05, 4.69) is 0 Å². The van der Waals surface area contributed by atoms with Crippen LogP contribution in [0.4, 0.5) is 0 Å². The highest BCUT2D eigenvalue weighted by molar-refractivity contribution is 7.89. The molecule has 1 aromatic rings. The Morgan fingerprint density at radius 2 is 2.06 bits per heavy atom. The molecule has 0 aromatic carbocycles. The lowest BCUT2D eigenvalue weighted by molar-refractivity contribution is 0.0685. The largest absolute Gasteiger partial charge is 0.477 e. The fourth-order valence-electron chi connectivity index (χ4n) is 1.58. The van der Waals surface area contributed by atoms with E-state index in [4.69, 9.17) is 5.11 Å². The first-order valence-electron chi connectivity index (χ1n) is 5.74. The van der Waals surface area contributed by atoms with Crippen LogP contribution in [0.2, 0.25) is 0 Å². The van der Waals surface area contributed by atoms with Gasteiger partial charge in [-0.3, -0.25) is 0 Å². The maximum Gasteiger partial charge on any atom is 0.352 e. The second kappa shape index (κ2) is 5.53. The Morgan fingerprint density at radius 1 is 1.44 bits per heavy atom. The van der Waals surface area contributed by atoms with Crippen molar-refractivity contribution in [3.05, 3.63) is 18.0 Å². The van der Waals surface area contributed by atoms with Crippen molar-refractivity contribution >= 4 is 16.0 Å². The molecular weight excluding hydrogens is 256 g/mol. The summed E-state index contributed by atoms with van der Waals surface area (Å²) < 4.78 is 26.8. The van der Waals surface area contributed by atoms with Gasteiger partial charge in [0, 0.05) is 26.3 Å². The molecular formula is C11H18N2O4S. The fourth-order valence-corrected chi connectivity index (χ4v) is 2.80. The van der Waals surface area contributed by atoms with Crippen molar-refractivity contribution in [2.45, 2.75) is 31.7 Å². The summed E-state index contributed by atoms with van der Waals surface area (Å²) in [5, 5.41) is 9.04. The minimum absolute atomic E-state index is 0.0000666. The lowest BCUT2D eigenvalue weighted by Gasteiger charge is -2.12. The van der Waals surface area contributed by atoms with Crippen molar-refractivity contribution < 1.29 is 18.3 Å². The SMILES string of the molecule is CCCn1cc(S(=O)(=O)N(C)CC)cc1C(=O)O. The summed E-state index contributed by atoms with van der Waals surface area (Å²) in [5.41, 5.74) is -0.0000666. The first-order chi connectivity index (χ1) is 8.34. The molecule has 0 amide bonds. The van der Waals surface area contributed by atoms with Gasteiger partial charge in [-0.05, 0) is 12.5 Å². The average Bonchev–Trinajstić information content (AvgIpc) is 2.73. The summed E-state index contributed by atoms with van der Waals surface area (Å²) in [6.45, 7) is 4.44. The molecule has 0 atom stereocenters. The van der Waals surface area contributed by atoms with Crippen LogP contribution >= 0.6 is 0 Å². The summed E-state index contributed by atoms with van der Waals surface area (Å²) >= 11 is 0. The molecule has 1 rings (SSSR count). The molecule has 0 saturated carbocycles. The number of sulfonamides is 1. The predicted molar refractivity (Wildman–Crippen MR) is 67.2 cm³/mol. The molecule has 7 heteroatoms. The van der Waals surface area contributed by atoms with E-state index in [0.717, 1.165) is 6.42 Å². The third-order valence-corrected chi connectivity index (χ3v) is 4.61. The zero-order valence-electron chi connectivity index (χ0n) is 10.8. The number of aromatic nitrogens is 1. The monoisotopic (exact) mass is 274 g/mol. The van der Waals surface area contributed by atoms with Gasteiger partial charge in [0.1, 0.15) is 10.6 Å². The first kappa shape index (κ1) is 14.7. The quantitative estimate of drug-likeness (QED) is 0.846. The highest BCUT2D eigenvalue weighted by atomic mass is 32.2. The van der Waals surface area contributed by atoms with E-state index < -0.39 is 16.0 Å². The number of carboxylic acid groups (broad SMARTS) is 1. The molecule has 0 aliphatic heterocycles. The predicted octanol–water partition coefficient (Wildman–Crippen LogP) is 1.24. The Labute approximate surface area is 107 Å². The molecule has 0 radical (unpaired) electrons. The number of rotatable bonds is 6. The Balaban J connectivity index is 3.28. The Morgan fingerprint density at radius 3 is 2.50 bits per heavy atom. The van der Waals surface area contributed by atoms with E-state index >= 15 is 0 Å². The minimum Gasteiger partial charge on any atom is -0.477 e. The number of carbonyl (C=O) groups is 1. The van der Waals surface area contributed by atoms with Crippen LogP contribution in [-0.2, 0) is 16.6 Å². The summed E-state index contributed by atoms with van der Waals surface area (Å²) in [5.74, 6) is -1.12. The highest BCUT2D eigenvalue weighted by Gasteiger charge is 2.24. The van der Waals surface area contributed by atoms with Crippen molar-refractivity contribution in [1.82, 2.24) is 8.87 Å². The lowest BCUT2D eigenvalue weighted by Crippen LogP contribution is -2.26. The molecule has 102 valence electrons. The van der Waals surface area contributed by atoms with Gasteiger partial charge < -0.3 is 9.67 Å². The first-order valence-corrected chi connectivity index (χ1v) is 7.18. The van der Waals surface area contributed by atoms with Crippen LogP contribution in [0.1, 0.15) is 30.8 Å². The Bertz CT molecular complexity index is 533. The number of carboxylic acids is 1. The number of hydrogen-bond acceptors (Lipinski definition) is 3. The smallest absolute Gasteiger partial charge is 0.352 e. The second-order valence-corrected chi connectivity index (χ2v) is 6.02. The van der Waals surface area contributed by atoms with Crippen molar-refractivity contribution in [3.8, 4) is 0 Å². The zero-order chi connectivity index (χ0) is 13.9. The third kappa shape index (κ3) is 2.73. The molecule has 6 nitrogen and oxygen atoms in total. The standard InChI is InChI=1S/C11H18N2O4S/c1-4-6-13-8-9(7-10(13)11(14)15)18(16,17)12(3)5-2/h7-8H,4-6H2,1-3H3,(H,14,15). The molecule has 0 aliphatic carbocycles. The molecule has 1 aromatic heterocycles. The van der Waals surface area contributed by atoms with Gasteiger partial charge in [-0.1, -0.05) is 13.8 Å². The van der Waals surface area contributed by atoms with E-state index in [1.165, 1.54) is 28.2 Å². The van der Waals surface area contributed by atoms with Crippen LogP contribution in [0.5, 0.6) is 0 Å². The fraction of sp³-hybridized carbons (Fsp3) is 0.545. The third-order valence-electron chi connectivity index (χ3n) is 2.71. The number of aryl methyl sites for hydroxylation is 1. The van der Waals surface area contributed by atoms with Gasteiger partial charge in [0.25, 0.3) is 0 Å². The van der Waals surface area contributed by atoms with Crippen LogP contribution < -0.4 is 0 Å². The van der Waals surface area contributed by atoms with Crippen molar-refractivity contribution in [2.75, 3.05) is 13.6 Å². The molecule has 0 saturated heterocycles. The maximum atomic E-state index is 12.1. The van der Waals surface area contributed by atoms with Crippen molar-refractivity contribution in [1.29, 1.82) is 0 Å². The van der Waals surface area contributed by atoms with Gasteiger partial charge in [0.2, 0.25) is 10.0 Å². The molecule has 1 heterocycles. The second-order valence-electron chi connectivity index (χ2n) is 3.98. The Hall–Kier alpha value is -1.34. The van der Waals surface area contributed by atoms with E-state index in [1.54, 1.807) is 6.92 Å². The maximum absolute atomic E-state index is 12.1. The van der Waals surface area contributed by atoms with Gasteiger partial charge in [0.05, 0.1) is 0 Å². The van der Waals surface area contributed by atoms with Crippen LogP contribution in [0.15, 0.2) is 17.2 Å². The van der Waals surface area contributed by atoms with Crippen molar-refractivity contribution in [2.24, 2.45) is 0 Å². The van der Waals surface area contributed by atoms with Crippen LogP contribution in [-0.4, -0.2) is 42.0 Å². The molecule has 1 N–H and O–H groups in total. The summed E-state index contributed by atoms with van der Waals surface area (Å²) in [6.07, 6.45) is 2.12. The summed E-state index contributed by atoms with van der Waals surface area (Å²) in [4.78, 5) is 11.1. The van der Waals surface area contributed by atoms with Gasteiger partial charge in [-0.25, -0.2) is 17.5 Å². The van der Waals surface area contributed by atoms with E-state index in [1.807, 2.05) is 6.92 Å². The highest BCUT2D eigenvalue weighted by Crippen LogP contribution is 2.18. The molecule has 0 fully saturated rings. The van der Waals surface area contributed by atoms with Crippen LogP contribution in [0, 0.1) is 0 Å². The zero-order valence-corrected chi connectivity index (χ0v) is 11.6. The van der Waals surface area contributed by atoms with Gasteiger partial charge >= 0.3 is 5.97 Å². The molecule has 18 heavy (non-hydrogen) atoms. The Kier molecular flexibility index (Phi) is 4.53. The normalized spacial score (nSPS) is 12.0. The molecule has 0 aliphatic rings. The van der Waals surface area contributed by atoms with Gasteiger partial charge in [-0.15, -0.1) is 0 Å². The minimum atomic E-state index is -3.59. The average molecular weight is 274 g/mol. The number of aromatic carboxylic acids is 1. The van der Waals surface area contributed by atoms with E-state index in [9.17, 15) is 13.2 Å². The molecule has 0 bridgehead atoms. The molecule has 0 spiro atoms. The van der Waals surface area contributed by atoms with Gasteiger partial charge in [0.15, 0.2) is 0 Å². The molecule has 0 unspecified atom stereocenters. The topological polar surface area (TPSA) is 79.6 Å². The van der Waals surface area contributed by atoms with Crippen molar-refractivity contribution in [3.63, 3.8) is 0 Å². The number of nitrogens with zero attached hydrogens (tertiary/aromatic N) is 2. The van der Waals surface area contributed by atoms with E-state index in [0.29, 0.717) is 13.1 Å². The van der Waals surface area contributed by atoms with Crippen LogP contribution in [0.25, 0.3) is 0 Å². The lowest BCUT2D eigenvalue weighted by atomic mass is 10.4. The summed E-state index contributed by atoms with van der Waals surface area (Å²) in [7, 11) is -2.13. The van der Waals surface area contributed by atoms with E-state index in [-0.39, 0.29) is 10.6 Å². The summed E-state index contributed by atoms with van der Waals surface area (Å²) in [6, 6.07) is 1.21. The van der Waals surface area contributed by atoms with Crippen LogP contribution in [0.3, 0.4) is 0 Å². The number of hydrogen-bond donors (Lipinski definition) is 1.